The van der Waals surface area contributed by atoms with Gasteiger partial charge in [0.05, 0.1) is 40.3 Å². The number of benzene rings is 1. The van der Waals surface area contributed by atoms with Crippen LogP contribution in [0.15, 0.2) is 42.6 Å². The average molecular weight is 435 g/mol. The summed E-state index contributed by atoms with van der Waals surface area (Å²) in [6, 6.07) is 8.31. The molecule has 2 amide bonds. The molecule has 162 valence electrons. The molecule has 1 aromatic carbocycles. The van der Waals surface area contributed by atoms with Crippen LogP contribution < -0.4 is 10.6 Å². The van der Waals surface area contributed by atoms with Gasteiger partial charge in [0.2, 0.25) is 0 Å². The van der Waals surface area contributed by atoms with E-state index in [1.54, 1.807) is 17.0 Å². The van der Waals surface area contributed by atoms with Gasteiger partial charge in [-0.2, -0.15) is 0 Å². The summed E-state index contributed by atoms with van der Waals surface area (Å²) >= 11 is 0. The van der Waals surface area contributed by atoms with Crippen molar-refractivity contribution in [2.24, 2.45) is 0 Å². The van der Waals surface area contributed by atoms with Gasteiger partial charge >= 0.3 is 0 Å². The molecule has 0 spiro atoms. The number of aromatic nitrogens is 2. The molecule has 2 aliphatic heterocycles. The number of rotatable bonds is 4. The van der Waals surface area contributed by atoms with Gasteiger partial charge < -0.3 is 15.5 Å². The molecular formula is C23H19F2N5O2. The standard InChI is InChI=1S/C23H19F2N5O2/c24-14-4-3-5-15(25)20(14)16-10-17(21-18(28-16)12-27-22(21)31)29-19-7-6-13(11-26-19)23(32)30-8-1-2-9-30/h3-7,10-11H,1-2,8-9,12H2,(H,27,31)(H,26,28,29). The predicted octanol–water partition coefficient (Wildman–Crippen LogP) is 3.64. The third kappa shape index (κ3) is 3.55. The summed E-state index contributed by atoms with van der Waals surface area (Å²) in [7, 11) is 0. The van der Waals surface area contributed by atoms with Crippen LogP contribution >= 0.6 is 0 Å². The Morgan fingerprint density at radius 2 is 1.81 bits per heavy atom. The lowest BCUT2D eigenvalue weighted by Gasteiger charge is -2.15. The molecule has 9 heteroatoms. The van der Waals surface area contributed by atoms with Crippen LogP contribution in [0, 0.1) is 11.6 Å². The predicted molar refractivity (Wildman–Crippen MR) is 113 cm³/mol. The Bertz CT molecular complexity index is 1200. The van der Waals surface area contributed by atoms with Crippen LogP contribution in [0.5, 0.6) is 0 Å². The van der Waals surface area contributed by atoms with Crippen LogP contribution in [0.3, 0.4) is 0 Å². The van der Waals surface area contributed by atoms with Crippen molar-refractivity contribution >= 4 is 23.3 Å². The number of anilines is 2. The molecule has 3 aromatic rings. The second kappa shape index (κ2) is 7.99. The maximum absolute atomic E-state index is 14.3. The Kier molecular flexibility index (Phi) is 5.01. The Labute approximate surface area is 182 Å². The fraction of sp³-hybridized carbons (Fsp3) is 0.217. The van der Waals surface area contributed by atoms with Crippen molar-refractivity contribution in [2.75, 3.05) is 18.4 Å². The molecule has 2 N–H and O–H groups in total. The van der Waals surface area contributed by atoms with E-state index in [-0.39, 0.29) is 29.6 Å². The van der Waals surface area contributed by atoms with Crippen molar-refractivity contribution in [1.82, 2.24) is 20.2 Å². The molecule has 2 aromatic heterocycles. The zero-order chi connectivity index (χ0) is 22.2. The van der Waals surface area contributed by atoms with Crippen LogP contribution in [0.4, 0.5) is 20.3 Å². The molecule has 4 heterocycles. The van der Waals surface area contributed by atoms with Crippen molar-refractivity contribution in [3.8, 4) is 11.3 Å². The lowest BCUT2D eigenvalue weighted by Crippen LogP contribution is -2.27. The Morgan fingerprint density at radius 3 is 2.50 bits per heavy atom. The van der Waals surface area contributed by atoms with Gasteiger partial charge in [0, 0.05) is 19.3 Å². The summed E-state index contributed by atoms with van der Waals surface area (Å²) in [6.07, 6.45) is 3.47. The first-order valence-corrected chi connectivity index (χ1v) is 10.3. The van der Waals surface area contributed by atoms with E-state index in [4.69, 9.17) is 0 Å². The van der Waals surface area contributed by atoms with Gasteiger partial charge in [-0.05, 0) is 43.2 Å². The number of amides is 2. The fourth-order valence-corrected chi connectivity index (χ4v) is 4.04. The van der Waals surface area contributed by atoms with Crippen LogP contribution in [-0.2, 0) is 6.54 Å². The maximum atomic E-state index is 14.3. The van der Waals surface area contributed by atoms with Crippen LogP contribution in [0.1, 0.15) is 39.3 Å². The Balaban J connectivity index is 1.49. The van der Waals surface area contributed by atoms with Crippen molar-refractivity contribution in [1.29, 1.82) is 0 Å². The van der Waals surface area contributed by atoms with Gasteiger partial charge in [0.15, 0.2) is 0 Å². The van der Waals surface area contributed by atoms with Crippen LogP contribution in [0.25, 0.3) is 11.3 Å². The Hall–Kier alpha value is -3.88. The van der Waals surface area contributed by atoms with Gasteiger partial charge in [-0.3, -0.25) is 9.59 Å². The second-order valence-corrected chi connectivity index (χ2v) is 7.71. The number of nitrogens with zero attached hydrogens (tertiary/aromatic N) is 3. The number of pyridine rings is 2. The number of carbonyl (C=O) groups excluding carboxylic acids is 2. The second-order valence-electron chi connectivity index (χ2n) is 7.71. The molecule has 0 atom stereocenters. The number of halogens is 2. The van der Waals surface area contributed by atoms with E-state index in [1.807, 2.05) is 0 Å². The molecule has 5 rings (SSSR count). The molecule has 0 bridgehead atoms. The quantitative estimate of drug-likeness (QED) is 0.653. The monoisotopic (exact) mass is 435 g/mol. The molecular weight excluding hydrogens is 416 g/mol. The van der Waals surface area contributed by atoms with Crippen molar-refractivity contribution < 1.29 is 18.4 Å². The normalized spacial score (nSPS) is 14.9. The molecule has 0 aliphatic carbocycles. The third-order valence-electron chi connectivity index (χ3n) is 5.62. The highest BCUT2D eigenvalue weighted by Crippen LogP contribution is 2.33. The fourth-order valence-electron chi connectivity index (χ4n) is 4.04. The number of hydrogen-bond donors (Lipinski definition) is 2. The van der Waals surface area contributed by atoms with Gasteiger partial charge in [-0.15, -0.1) is 0 Å². The molecule has 1 fully saturated rings. The minimum absolute atomic E-state index is 0.0666. The number of likely N-dealkylation sites (tertiary alicyclic amines) is 1. The van der Waals surface area contributed by atoms with Gasteiger partial charge in [0.25, 0.3) is 11.8 Å². The summed E-state index contributed by atoms with van der Waals surface area (Å²) in [6.45, 7) is 1.64. The highest BCUT2D eigenvalue weighted by Gasteiger charge is 2.27. The van der Waals surface area contributed by atoms with E-state index in [0.29, 0.717) is 28.3 Å². The lowest BCUT2D eigenvalue weighted by atomic mass is 10.1. The number of carbonyl (C=O) groups is 2. The zero-order valence-corrected chi connectivity index (χ0v) is 17.0. The van der Waals surface area contributed by atoms with Gasteiger partial charge in [-0.1, -0.05) is 6.07 Å². The molecule has 0 saturated carbocycles. The molecule has 0 unspecified atom stereocenters. The highest BCUT2D eigenvalue weighted by atomic mass is 19.1. The number of fused-ring (bicyclic) bond motifs is 1. The van der Waals surface area contributed by atoms with E-state index < -0.39 is 11.6 Å². The first-order valence-electron chi connectivity index (χ1n) is 10.3. The van der Waals surface area contributed by atoms with Gasteiger partial charge in [-0.25, -0.2) is 18.7 Å². The smallest absolute Gasteiger partial charge is 0.255 e. The molecule has 1 saturated heterocycles. The summed E-state index contributed by atoms with van der Waals surface area (Å²) < 4.78 is 28.7. The molecule has 7 nitrogen and oxygen atoms in total. The summed E-state index contributed by atoms with van der Waals surface area (Å²) in [5, 5.41) is 5.71. The van der Waals surface area contributed by atoms with Crippen LogP contribution in [0.2, 0.25) is 0 Å². The third-order valence-corrected chi connectivity index (χ3v) is 5.62. The van der Waals surface area contributed by atoms with E-state index in [0.717, 1.165) is 38.1 Å². The maximum Gasteiger partial charge on any atom is 0.255 e. The Morgan fingerprint density at radius 1 is 1.06 bits per heavy atom. The minimum atomic E-state index is -0.747. The summed E-state index contributed by atoms with van der Waals surface area (Å²) in [5.41, 5.74) is 1.29. The van der Waals surface area contributed by atoms with E-state index >= 15 is 0 Å². The average Bonchev–Trinajstić information content (AvgIpc) is 3.44. The molecule has 0 radical (unpaired) electrons. The van der Waals surface area contributed by atoms with E-state index in [2.05, 4.69) is 20.6 Å². The SMILES string of the molecule is O=C1NCc2nc(-c3c(F)cccc3F)cc(Nc3ccc(C(=O)N4CCCC4)cn3)c21. The van der Waals surface area contributed by atoms with Crippen molar-refractivity contribution in [3.05, 3.63) is 71.1 Å². The first kappa shape index (κ1) is 20.0. The lowest BCUT2D eigenvalue weighted by molar-refractivity contribution is 0.0792. The first-order chi connectivity index (χ1) is 15.5. The number of hydrogen-bond acceptors (Lipinski definition) is 5. The minimum Gasteiger partial charge on any atom is -0.346 e. The van der Waals surface area contributed by atoms with Gasteiger partial charge in [0.1, 0.15) is 17.5 Å². The molecule has 32 heavy (non-hydrogen) atoms. The van der Waals surface area contributed by atoms with E-state index in [9.17, 15) is 18.4 Å². The van der Waals surface area contributed by atoms with E-state index in [1.165, 1.54) is 18.3 Å². The highest BCUT2D eigenvalue weighted by molar-refractivity contribution is 6.04. The summed E-state index contributed by atoms with van der Waals surface area (Å²) in [5.74, 6) is -1.51. The van der Waals surface area contributed by atoms with Crippen molar-refractivity contribution in [3.63, 3.8) is 0 Å². The summed E-state index contributed by atoms with van der Waals surface area (Å²) in [4.78, 5) is 35.2. The largest absolute Gasteiger partial charge is 0.346 e. The molecule has 2 aliphatic rings. The number of nitrogens with one attached hydrogen (secondary N) is 2. The van der Waals surface area contributed by atoms with Crippen molar-refractivity contribution in [2.45, 2.75) is 19.4 Å². The topological polar surface area (TPSA) is 87.2 Å². The van der Waals surface area contributed by atoms with Crippen LogP contribution in [-0.4, -0.2) is 39.8 Å². The zero-order valence-electron chi connectivity index (χ0n) is 17.0.